The standard InChI is InChI=1S/C23H25N9O2S/c1-3-31(4-2)17-12-10-16(11-13-17)14-25-27-23(33)20-19(15-35-18-8-6-5-7-9-18)32(30-26-20)22-21(24)28-34-29-22/h5-14H,3-4,15H2,1-2H3,(H2,24,28)(H,27,33). The molecular formula is C23H25N9O2S. The Kier molecular flexibility index (Phi) is 7.73. The SMILES string of the molecule is CCN(CC)c1ccc(C=NNC(=O)c2nnn(-c3nonc3N)c2CSc2ccccc2)cc1. The van der Waals surface area contributed by atoms with E-state index in [1.54, 1.807) is 6.21 Å². The molecule has 12 heteroatoms. The van der Waals surface area contributed by atoms with Crippen molar-refractivity contribution >= 4 is 35.4 Å². The molecule has 0 atom stereocenters. The first kappa shape index (κ1) is 24.0. The van der Waals surface area contributed by atoms with Gasteiger partial charge in [-0.05, 0) is 54.0 Å². The van der Waals surface area contributed by atoms with Crippen molar-refractivity contribution in [3.8, 4) is 5.82 Å². The van der Waals surface area contributed by atoms with Crippen molar-refractivity contribution in [2.75, 3.05) is 23.7 Å². The van der Waals surface area contributed by atoms with Crippen LogP contribution in [0.5, 0.6) is 0 Å². The smallest absolute Gasteiger partial charge is 0.293 e. The van der Waals surface area contributed by atoms with Gasteiger partial charge in [-0.1, -0.05) is 35.5 Å². The van der Waals surface area contributed by atoms with E-state index in [1.807, 2.05) is 54.6 Å². The number of hydrazone groups is 1. The summed E-state index contributed by atoms with van der Waals surface area (Å²) in [6.07, 6.45) is 1.58. The van der Waals surface area contributed by atoms with Crippen molar-refractivity contribution in [2.45, 2.75) is 24.5 Å². The molecule has 2 heterocycles. The van der Waals surface area contributed by atoms with Crippen molar-refractivity contribution in [1.29, 1.82) is 0 Å². The van der Waals surface area contributed by atoms with Crippen LogP contribution in [0.3, 0.4) is 0 Å². The largest absolute Gasteiger partial charge is 0.378 e. The van der Waals surface area contributed by atoms with Crippen LogP contribution in [-0.4, -0.2) is 50.5 Å². The molecule has 4 rings (SSSR count). The van der Waals surface area contributed by atoms with E-state index in [-0.39, 0.29) is 17.3 Å². The van der Waals surface area contributed by atoms with Gasteiger partial charge in [0, 0.05) is 29.4 Å². The molecule has 180 valence electrons. The van der Waals surface area contributed by atoms with Gasteiger partial charge in [0.05, 0.1) is 11.9 Å². The summed E-state index contributed by atoms with van der Waals surface area (Å²) in [6, 6.07) is 17.7. The number of amides is 1. The molecule has 0 saturated carbocycles. The Morgan fingerprint density at radius 1 is 1.14 bits per heavy atom. The number of nitrogens with two attached hydrogens (primary N) is 1. The first-order chi connectivity index (χ1) is 17.1. The first-order valence-corrected chi connectivity index (χ1v) is 12.0. The second-order valence-electron chi connectivity index (χ2n) is 7.33. The van der Waals surface area contributed by atoms with E-state index in [9.17, 15) is 4.79 Å². The molecular weight excluding hydrogens is 466 g/mol. The zero-order chi connectivity index (χ0) is 24.6. The van der Waals surface area contributed by atoms with Crippen molar-refractivity contribution < 1.29 is 9.42 Å². The van der Waals surface area contributed by atoms with Gasteiger partial charge in [0.1, 0.15) is 0 Å². The number of nitrogens with zero attached hydrogens (tertiary/aromatic N) is 7. The predicted octanol–water partition coefficient (Wildman–Crippen LogP) is 3.13. The molecule has 0 aliphatic heterocycles. The van der Waals surface area contributed by atoms with Crippen LogP contribution >= 0.6 is 11.8 Å². The van der Waals surface area contributed by atoms with Gasteiger partial charge in [-0.25, -0.2) is 10.1 Å². The third kappa shape index (κ3) is 5.66. The monoisotopic (exact) mass is 491 g/mol. The molecule has 0 aliphatic carbocycles. The van der Waals surface area contributed by atoms with Gasteiger partial charge < -0.3 is 10.6 Å². The lowest BCUT2D eigenvalue weighted by Gasteiger charge is -2.20. The zero-order valence-electron chi connectivity index (χ0n) is 19.3. The van der Waals surface area contributed by atoms with E-state index < -0.39 is 5.91 Å². The summed E-state index contributed by atoms with van der Waals surface area (Å²) >= 11 is 1.51. The number of anilines is 2. The van der Waals surface area contributed by atoms with E-state index in [2.05, 4.69) is 49.9 Å². The Balaban J connectivity index is 1.50. The van der Waals surface area contributed by atoms with Crippen molar-refractivity contribution in [1.82, 2.24) is 30.7 Å². The van der Waals surface area contributed by atoms with E-state index in [1.165, 1.54) is 16.4 Å². The molecule has 0 fully saturated rings. The number of rotatable bonds is 10. The molecule has 0 radical (unpaired) electrons. The van der Waals surface area contributed by atoms with Gasteiger partial charge >= 0.3 is 0 Å². The number of hydrogen-bond donors (Lipinski definition) is 2. The van der Waals surface area contributed by atoms with E-state index >= 15 is 0 Å². The maximum atomic E-state index is 12.9. The van der Waals surface area contributed by atoms with Gasteiger partial charge in [-0.3, -0.25) is 4.79 Å². The predicted molar refractivity (Wildman–Crippen MR) is 135 cm³/mol. The highest BCUT2D eigenvalue weighted by molar-refractivity contribution is 7.98. The maximum Gasteiger partial charge on any atom is 0.293 e. The molecule has 4 aromatic rings. The van der Waals surface area contributed by atoms with Crippen molar-refractivity contribution in [2.24, 2.45) is 5.10 Å². The summed E-state index contributed by atoms with van der Waals surface area (Å²) in [6.45, 7) is 6.10. The second kappa shape index (κ2) is 11.3. The number of carbonyl (C=O) groups is 1. The summed E-state index contributed by atoms with van der Waals surface area (Å²) in [5.74, 6) is 0.0738. The van der Waals surface area contributed by atoms with E-state index in [0.717, 1.165) is 29.2 Å². The molecule has 0 unspecified atom stereocenters. The highest BCUT2D eigenvalue weighted by atomic mass is 32.2. The van der Waals surface area contributed by atoms with Crippen molar-refractivity contribution in [3.05, 3.63) is 71.5 Å². The molecule has 2 aromatic carbocycles. The molecule has 0 spiro atoms. The van der Waals surface area contributed by atoms with Crippen LogP contribution < -0.4 is 16.1 Å². The Hall–Kier alpha value is -4.19. The molecule has 3 N–H and O–H groups in total. The molecule has 11 nitrogen and oxygen atoms in total. The third-order valence-electron chi connectivity index (χ3n) is 5.19. The Labute approximate surface area is 206 Å². The Bertz CT molecular complexity index is 1280. The summed E-state index contributed by atoms with van der Waals surface area (Å²) in [5.41, 5.74) is 10.9. The normalized spacial score (nSPS) is 11.1. The van der Waals surface area contributed by atoms with Gasteiger partial charge in [-0.2, -0.15) is 9.78 Å². The summed E-state index contributed by atoms with van der Waals surface area (Å²) in [5, 5.41) is 19.6. The Morgan fingerprint density at radius 3 is 2.54 bits per heavy atom. The van der Waals surface area contributed by atoms with Crippen LogP contribution in [0.15, 0.2) is 69.2 Å². The number of carbonyl (C=O) groups excluding carboxylic acids is 1. The van der Waals surface area contributed by atoms with Gasteiger partial charge in [0.15, 0.2) is 5.69 Å². The fourth-order valence-corrected chi connectivity index (χ4v) is 4.27. The second-order valence-corrected chi connectivity index (χ2v) is 8.38. The topological polar surface area (TPSA) is 140 Å². The third-order valence-corrected chi connectivity index (χ3v) is 6.22. The fraction of sp³-hybridized carbons (Fsp3) is 0.217. The number of nitrogen functional groups attached to an aromatic ring is 1. The number of benzene rings is 2. The average molecular weight is 492 g/mol. The summed E-state index contributed by atoms with van der Waals surface area (Å²) in [4.78, 5) is 16.2. The molecule has 0 aliphatic rings. The van der Waals surface area contributed by atoms with Crippen LogP contribution in [0.1, 0.15) is 35.6 Å². The lowest BCUT2D eigenvalue weighted by molar-refractivity contribution is 0.0949. The Morgan fingerprint density at radius 2 is 1.89 bits per heavy atom. The molecule has 0 bridgehead atoms. The fourth-order valence-electron chi connectivity index (χ4n) is 3.36. The highest BCUT2D eigenvalue weighted by Gasteiger charge is 2.24. The minimum Gasteiger partial charge on any atom is -0.378 e. The minimum atomic E-state index is -0.508. The van der Waals surface area contributed by atoms with Crippen LogP contribution in [0.2, 0.25) is 0 Å². The van der Waals surface area contributed by atoms with Gasteiger partial charge in [-0.15, -0.1) is 16.9 Å². The molecule has 1 amide bonds. The van der Waals surface area contributed by atoms with E-state index in [0.29, 0.717) is 11.4 Å². The van der Waals surface area contributed by atoms with E-state index in [4.69, 9.17) is 10.4 Å². The number of hydrogen-bond acceptors (Lipinski definition) is 10. The zero-order valence-corrected chi connectivity index (χ0v) is 20.1. The van der Waals surface area contributed by atoms with Gasteiger partial charge in [0.2, 0.25) is 11.6 Å². The minimum absolute atomic E-state index is 0.0407. The van der Waals surface area contributed by atoms with Gasteiger partial charge in [0.25, 0.3) is 5.91 Å². The number of thioether (sulfide) groups is 1. The average Bonchev–Trinajstić information content (AvgIpc) is 3.50. The van der Waals surface area contributed by atoms with Crippen molar-refractivity contribution in [3.63, 3.8) is 0 Å². The summed E-state index contributed by atoms with van der Waals surface area (Å²) < 4.78 is 6.04. The van der Waals surface area contributed by atoms with Crippen LogP contribution in [0, 0.1) is 0 Å². The molecule has 0 saturated heterocycles. The lowest BCUT2D eigenvalue weighted by Crippen LogP contribution is -2.21. The number of aromatic nitrogens is 5. The first-order valence-electron chi connectivity index (χ1n) is 11.0. The molecule has 2 aromatic heterocycles. The quantitative estimate of drug-likeness (QED) is 0.194. The van der Waals surface area contributed by atoms with Crippen LogP contribution in [-0.2, 0) is 5.75 Å². The summed E-state index contributed by atoms with van der Waals surface area (Å²) in [7, 11) is 0. The van der Waals surface area contributed by atoms with Crippen LogP contribution in [0.4, 0.5) is 11.5 Å². The maximum absolute atomic E-state index is 12.9. The highest BCUT2D eigenvalue weighted by Crippen LogP contribution is 2.25. The lowest BCUT2D eigenvalue weighted by atomic mass is 10.2. The molecule has 35 heavy (non-hydrogen) atoms. The number of nitrogens with one attached hydrogen (secondary N) is 1. The van der Waals surface area contributed by atoms with Crippen LogP contribution in [0.25, 0.3) is 5.82 Å².